The lowest BCUT2D eigenvalue weighted by Gasteiger charge is -2.26. The van der Waals surface area contributed by atoms with E-state index < -0.39 is 6.10 Å². The zero-order valence-corrected chi connectivity index (χ0v) is 13.1. The van der Waals surface area contributed by atoms with Gasteiger partial charge in [-0.05, 0) is 37.0 Å². The highest BCUT2D eigenvalue weighted by molar-refractivity contribution is 5.76. The van der Waals surface area contributed by atoms with E-state index in [4.69, 9.17) is 11.2 Å². The Morgan fingerprint density at radius 2 is 2.22 bits per heavy atom. The Balaban J connectivity index is 1.87. The first-order chi connectivity index (χ1) is 11.1. The highest BCUT2D eigenvalue weighted by Gasteiger charge is 2.30. The minimum Gasteiger partial charge on any atom is -0.388 e. The number of aliphatic hydroxyl groups is 1. The van der Waals surface area contributed by atoms with Crippen molar-refractivity contribution in [3.05, 3.63) is 35.6 Å². The van der Waals surface area contributed by atoms with E-state index in [1.54, 1.807) is 12.1 Å². The standard InChI is InChI=1S/C18H22FNO3/c1-2-11-23-12-9-18(22)20-10-3-4-16(20)13-17(21)14-5-7-15(19)8-6-14/h1,5-8,16-17,21H,3-4,9-13H2. The molecule has 2 unspecified atom stereocenters. The summed E-state index contributed by atoms with van der Waals surface area (Å²) in [5, 5.41) is 10.3. The molecular formula is C18H22FNO3. The Morgan fingerprint density at radius 3 is 2.91 bits per heavy atom. The van der Waals surface area contributed by atoms with E-state index >= 15 is 0 Å². The van der Waals surface area contributed by atoms with Crippen molar-refractivity contribution in [2.45, 2.75) is 37.8 Å². The lowest BCUT2D eigenvalue weighted by Crippen LogP contribution is -2.37. The molecule has 124 valence electrons. The summed E-state index contributed by atoms with van der Waals surface area (Å²) < 4.78 is 18.1. The Morgan fingerprint density at radius 1 is 1.48 bits per heavy atom. The van der Waals surface area contributed by atoms with Gasteiger partial charge in [0.1, 0.15) is 12.4 Å². The van der Waals surface area contributed by atoms with Gasteiger partial charge >= 0.3 is 0 Å². The van der Waals surface area contributed by atoms with Crippen molar-refractivity contribution in [2.24, 2.45) is 0 Å². The summed E-state index contributed by atoms with van der Waals surface area (Å²) >= 11 is 0. The second-order valence-electron chi connectivity index (χ2n) is 5.69. The molecule has 1 fully saturated rings. The third-order valence-electron chi connectivity index (χ3n) is 4.09. The number of rotatable bonds is 7. The maximum atomic E-state index is 12.9. The number of aliphatic hydroxyl groups excluding tert-OH is 1. The summed E-state index contributed by atoms with van der Waals surface area (Å²) in [6.07, 6.45) is 6.94. The number of nitrogens with zero attached hydrogens (tertiary/aromatic N) is 1. The third kappa shape index (κ3) is 5.05. The zero-order valence-electron chi connectivity index (χ0n) is 13.1. The molecule has 0 bridgehead atoms. The van der Waals surface area contributed by atoms with E-state index in [9.17, 15) is 14.3 Å². The first kappa shape index (κ1) is 17.5. The van der Waals surface area contributed by atoms with E-state index in [-0.39, 0.29) is 24.4 Å². The van der Waals surface area contributed by atoms with Crippen molar-refractivity contribution in [2.75, 3.05) is 19.8 Å². The van der Waals surface area contributed by atoms with Gasteiger partial charge in [-0.3, -0.25) is 4.79 Å². The maximum absolute atomic E-state index is 12.9. The molecule has 1 aromatic carbocycles. The van der Waals surface area contributed by atoms with E-state index in [1.807, 2.05) is 4.90 Å². The number of halogens is 1. The quantitative estimate of drug-likeness (QED) is 0.620. The number of carbonyl (C=O) groups is 1. The first-order valence-electron chi connectivity index (χ1n) is 7.86. The molecule has 0 aromatic heterocycles. The van der Waals surface area contributed by atoms with Crippen LogP contribution in [0.5, 0.6) is 0 Å². The fourth-order valence-electron chi connectivity index (χ4n) is 2.92. The van der Waals surface area contributed by atoms with Crippen LogP contribution in [-0.2, 0) is 9.53 Å². The van der Waals surface area contributed by atoms with Gasteiger partial charge in [0.05, 0.1) is 19.1 Å². The highest BCUT2D eigenvalue weighted by atomic mass is 19.1. The highest BCUT2D eigenvalue weighted by Crippen LogP contribution is 2.28. The lowest BCUT2D eigenvalue weighted by molar-refractivity contribution is -0.133. The number of hydrogen-bond acceptors (Lipinski definition) is 3. The van der Waals surface area contributed by atoms with Gasteiger partial charge in [-0.25, -0.2) is 4.39 Å². The van der Waals surface area contributed by atoms with Crippen molar-refractivity contribution in [3.63, 3.8) is 0 Å². The average Bonchev–Trinajstić information content (AvgIpc) is 3.00. The van der Waals surface area contributed by atoms with Gasteiger partial charge < -0.3 is 14.7 Å². The molecule has 1 aromatic rings. The number of terminal acetylenes is 1. The smallest absolute Gasteiger partial charge is 0.225 e. The largest absolute Gasteiger partial charge is 0.388 e. The molecule has 4 nitrogen and oxygen atoms in total. The van der Waals surface area contributed by atoms with Crippen molar-refractivity contribution in [3.8, 4) is 12.3 Å². The molecule has 0 radical (unpaired) electrons. The molecular weight excluding hydrogens is 297 g/mol. The Kier molecular flexibility index (Phi) is 6.57. The SMILES string of the molecule is C#CCOCCC(=O)N1CCCC1CC(O)c1ccc(F)cc1. The first-order valence-corrected chi connectivity index (χ1v) is 7.86. The normalized spacial score (nSPS) is 18.7. The van der Waals surface area contributed by atoms with Gasteiger partial charge in [-0.1, -0.05) is 18.1 Å². The van der Waals surface area contributed by atoms with Gasteiger partial charge in [0, 0.05) is 12.6 Å². The van der Waals surface area contributed by atoms with E-state index in [1.165, 1.54) is 12.1 Å². The predicted octanol–water partition coefficient (Wildman–Crippen LogP) is 2.28. The zero-order chi connectivity index (χ0) is 16.7. The molecule has 0 saturated carbocycles. The molecule has 1 N–H and O–H groups in total. The fraction of sp³-hybridized carbons (Fsp3) is 0.500. The Labute approximate surface area is 136 Å². The second-order valence-corrected chi connectivity index (χ2v) is 5.69. The van der Waals surface area contributed by atoms with Crippen LogP contribution in [0.1, 0.15) is 37.4 Å². The van der Waals surface area contributed by atoms with Crippen LogP contribution in [0.15, 0.2) is 24.3 Å². The van der Waals surface area contributed by atoms with Crippen molar-refractivity contribution < 1.29 is 19.0 Å². The molecule has 1 saturated heterocycles. The molecule has 5 heteroatoms. The average molecular weight is 319 g/mol. The molecule has 0 spiro atoms. The molecule has 2 atom stereocenters. The summed E-state index contributed by atoms with van der Waals surface area (Å²) in [5.41, 5.74) is 0.669. The number of carbonyl (C=O) groups excluding carboxylic acids is 1. The number of likely N-dealkylation sites (tertiary alicyclic amines) is 1. The Hall–Kier alpha value is -1.90. The maximum Gasteiger partial charge on any atom is 0.225 e. The summed E-state index contributed by atoms with van der Waals surface area (Å²) in [6, 6.07) is 5.83. The van der Waals surface area contributed by atoms with E-state index in [0.29, 0.717) is 31.6 Å². The number of ether oxygens (including phenoxy) is 1. The molecule has 1 amide bonds. The van der Waals surface area contributed by atoms with Crippen LogP contribution in [0.2, 0.25) is 0 Å². The van der Waals surface area contributed by atoms with Crippen LogP contribution in [0.25, 0.3) is 0 Å². The molecule has 1 aliphatic rings. The summed E-state index contributed by atoms with van der Waals surface area (Å²) in [4.78, 5) is 14.1. The molecule has 23 heavy (non-hydrogen) atoms. The third-order valence-corrected chi connectivity index (χ3v) is 4.09. The summed E-state index contributed by atoms with van der Waals surface area (Å²) in [5.74, 6) is 2.06. The summed E-state index contributed by atoms with van der Waals surface area (Å²) in [7, 11) is 0. The minimum absolute atomic E-state index is 0.00943. The minimum atomic E-state index is -0.702. The van der Waals surface area contributed by atoms with Crippen LogP contribution in [0.3, 0.4) is 0 Å². The predicted molar refractivity (Wildman–Crippen MR) is 85.0 cm³/mol. The van der Waals surface area contributed by atoms with Crippen LogP contribution < -0.4 is 0 Å². The van der Waals surface area contributed by atoms with Crippen molar-refractivity contribution in [1.82, 2.24) is 4.90 Å². The van der Waals surface area contributed by atoms with Gasteiger partial charge in [-0.15, -0.1) is 6.42 Å². The number of amides is 1. The van der Waals surface area contributed by atoms with E-state index in [0.717, 1.165) is 12.8 Å². The van der Waals surface area contributed by atoms with E-state index in [2.05, 4.69) is 5.92 Å². The molecule has 1 aliphatic heterocycles. The van der Waals surface area contributed by atoms with Crippen molar-refractivity contribution in [1.29, 1.82) is 0 Å². The number of benzene rings is 1. The van der Waals surface area contributed by atoms with Gasteiger partial charge in [0.2, 0.25) is 5.91 Å². The van der Waals surface area contributed by atoms with Crippen LogP contribution in [0, 0.1) is 18.2 Å². The Bertz CT molecular complexity index is 552. The number of hydrogen-bond donors (Lipinski definition) is 1. The molecule has 2 rings (SSSR count). The van der Waals surface area contributed by atoms with Gasteiger partial charge in [0.15, 0.2) is 0 Å². The summed E-state index contributed by atoms with van der Waals surface area (Å²) in [6.45, 7) is 1.22. The topological polar surface area (TPSA) is 49.8 Å². The monoisotopic (exact) mass is 319 g/mol. The molecule has 0 aliphatic carbocycles. The van der Waals surface area contributed by atoms with Crippen molar-refractivity contribution >= 4 is 5.91 Å². The lowest BCUT2D eigenvalue weighted by atomic mass is 10.0. The van der Waals surface area contributed by atoms with Crippen LogP contribution in [-0.4, -0.2) is 41.7 Å². The fourth-order valence-corrected chi connectivity index (χ4v) is 2.92. The van der Waals surface area contributed by atoms with Crippen LogP contribution >= 0.6 is 0 Å². The van der Waals surface area contributed by atoms with Crippen LogP contribution in [0.4, 0.5) is 4.39 Å². The second kappa shape index (κ2) is 8.66. The van der Waals surface area contributed by atoms with Gasteiger partial charge in [-0.2, -0.15) is 0 Å². The van der Waals surface area contributed by atoms with Gasteiger partial charge in [0.25, 0.3) is 0 Å². The molecule has 1 heterocycles.